The van der Waals surface area contributed by atoms with E-state index in [0.29, 0.717) is 0 Å². The molecule has 1 aromatic carbocycles. The lowest BCUT2D eigenvalue weighted by atomic mass is 9.76. The molecule has 2 saturated carbocycles. The van der Waals surface area contributed by atoms with Gasteiger partial charge in [-0.15, -0.1) is 12.4 Å². The minimum absolute atomic E-state index is 0. The van der Waals surface area contributed by atoms with Crippen LogP contribution in [0.3, 0.4) is 0 Å². The molecular formula is C27H44ClN3. The highest BCUT2D eigenvalue weighted by atomic mass is 35.5. The fraction of sp³-hybridized carbons (Fsp3) is 0.778. The van der Waals surface area contributed by atoms with Crippen molar-refractivity contribution < 1.29 is 0 Å². The van der Waals surface area contributed by atoms with E-state index >= 15 is 0 Å². The summed E-state index contributed by atoms with van der Waals surface area (Å²) in [4.78, 5) is 8.04. The molecule has 0 unspecified atom stereocenters. The lowest BCUT2D eigenvalue weighted by molar-refractivity contribution is 0.231. The van der Waals surface area contributed by atoms with E-state index in [9.17, 15) is 0 Å². The van der Waals surface area contributed by atoms with Crippen molar-refractivity contribution in [2.75, 3.05) is 55.6 Å². The van der Waals surface area contributed by atoms with E-state index < -0.39 is 0 Å². The summed E-state index contributed by atoms with van der Waals surface area (Å²) in [5.41, 5.74) is 5.53. The zero-order valence-corrected chi connectivity index (χ0v) is 20.8. The number of piperazine rings is 1. The second-order valence-electron chi connectivity index (χ2n) is 11.2. The van der Waals surface area contributed by atoms with E-state index in [1.165, 1.54) is 109 Å². The van der Waals surface area contributed by atoms with Crippen LogP contribution in [0.4, 0.5) is 11.4 Å². The molecule has 4 fully saturated rings. The summed E-state index contributed by atoms with van der Waals surface area (Å²) in [5.74, 6) is 1.55. The number of anilines is 2. The normalized spacial score (nSPS) is 24.5. The van der Waals surface area contributed by atoms with Crippen molar-refractivity contribution in [3.05, 3.63) is 23.8 Å². The maximum atomic E-state index is 2.72. The lowest BCUT2D eigenvalue weighted by Crippen LogP contribution is -2.47. The Labute approximate surface area is 197 Å². The van der Waals surface area contributed by atoms with Crippen LogP contribution in [-0.2, 0) is 0 Å². The fourth-order valence-electron chi connectivity index (χ4n) is 6.41. The van der Waals surface area contributed by atoms with Gasteiger partial charge in [-0.2, -0.15) is 0 Å². The SMILES string of the molecule is CC(C)CN1CCN(c2ccc(N3CCCCC3)cc2C2CCC3(CC2)CC3)CC1.Cl. The van der Waals surface area contributed by atoms with E-state index in [-0.39, 0.29) is 12.4 Å². The topological polar surface area (TPSA) is 9.72 Å². The lowest BCUT2D eigenvalue weighted by Gasteiger charge is -2.40. The Morgan fingerprint density at radius 2 is 1.52 bits per heavy atom. The second-order valence-corrected chi connectivity index (χ2v) is 11.2. The van der Waals surface area contributed by atoms with E-state index in [2.05, 4.69) is 46.7 Å². The largest absolute Gasteiger partial charge is 0.372 e. The highest BCUT2D eigenvalue weighted by Gasteiger charge is 2.45. The number of halogens is 1. The summed E-state index contributed by atoms with van der Waals surface area (Å²) in [6.07, 6.45) is 13.0. The molecule has 31 heavy (non-hydrogen) atoms. The molecule has 4 aliphatic rings. The molecule has 0 N–H and O–H groups in total. The molecule has 0 atom stereocenters. The van der Waals surface area contributed by atoms with Gasteiger partial charge in [0.2, 0.25) is 0 Å². The summed E-state index contributed by atoms with van der Waals surface area (Å²) < 4.78 is 0. The van der Waals surface area contributed by atoms with Crippen molar-refractivity contribution in [2.24, 2.45) is 11.3 Å². The average Bonchev–Trinajstić information content (AvgIpc) is 3.53. The molecule has 1 aromatic rings. The van der Waals surface area contributed by atoms with Crippen LogP contribution in [0.2, 0.25) is 0 Å². The predicted molar refractivity (Wildman–Crippen MR) is 136 cm³/mol. The Morgan fingerprint density at radius 1 is 0.839 bits per heavy atom. The monoisotopic (exact) mass is 445 g/mol. The first-order valence-corrected chi connectivity index (χ1v) is 13.0. The van der Waals surface area contributed by atoms with Crippen LogP contribution in [-0.4, -0.2) is 50.7 Å². The third kappa shape index (κ3) is 5.36. The molecule has 0 bridgehead atoms. The van der Waals surface area contributed by atoms with Gasteiger partial charge < -0.3 is 9.80 Å². The maximum Gasteiger partial charge on any atom is 0.0404 e. The highest BCUT2D eigenvalue weighted by Crippen LogP contribution is 2.59. The third-order valence-electron chi connectivity index (χ3n) is 8.51. The van der Waals surface area contributed by atoms with Crippen LogP contribution < -0.4 is 9.80 Å². The van der Waals surface area contributed by atoms with Crippen LogP contribution in [0.1, 0.15) is 83.1 Å². The van der Waals surface area contributed by atoms with Gasteiger partial charge in [0.1, 0.15) is 0 Å². The number of hydrogen-bond donors (Lipinski definition) is 0. The number of hydrogen-bond acceptors (Lipinski definition) is 3. The number of piperidine rings is 1. The first-order chi connectivity index (χ1) is 14.6. The van der Waals surface area contributed by atoms with Crippen molar-refractivity contribution >= 4 is 23.8 Å². The zero-order chi connectivity index (χ0) is 20.6. The second kappa shape index (κ2) is 9.91. The summed E-state index contributed by atoms with van der Waals surface area (Å²) in [6.45, 7) is 13.3. The molecule has 174 valence electrons. The minimum atomic E-state index is 0. The van der Waals surface area contributed by atoms with Gasteiger partial charge in [-0.25, -0.2) is 0 Å². The summed E-state index contributed by atoms with van der Waals surface area (Å²) in [5, 5.41) is 0. The van der Waals surface area contributed by atoms with Gasteiger partial charge in [-0.05, 0) is 98.8 Å². The van der Waals surface area contributed by atoms with Gasteiger partial charge in [-0.1, -0.05) is 13.8 Å². The van der Waals surface area contributed by atoms with Gasteiger partial charge in [0.15, 0.2) is 0 Å². The molecule has 2 aliphatic carbocycles. The molecule has 0 radical (unpaired) electrons. The first-order valence-electron chi connectivity index (χ1n) is 13.0. The van der Waals surface area contributed by atoms with E-state index in [1.807, 2.05) is 0 Å². The Kier molecular flexibility index (Phi) is 7.43. The van der Waals surface area contributed by atoms with Crippen molar-refractivity contribution in [1.82, 2.24) is 4.90 Å². The summed E-state index contributed by atoms with van der Waals surface area (Å²) in [6, 6.07) is 7.56. The molecular weight excluding hydrogens is 402 g/mol. The van der Waals surface area contributed by atoms with Crippen LogP contribution >= 0.6 is 12.4 Å². The molecule has 1 spiro atoms. The number of rotatable bonds is 5. The Bertz CT molecular complexity index is 705. The highest BCUT2D eigenvalue weighted by molar-refractivity contribution is 5.85. The number of nitrogens with zero attached hydrogens (tertiary/aromatic N) is 3. The Hall–Kier alpha value is -0.930. The molecule has 2 heterocycles. The van der Waals surface area contributed by atoms with Gasteiger partial charge >= 0.3 is 0 Å². The van der Waals surface area contributed by atoms with E-state index in [4.69, 9.17) is 0 Å². The van der Waals surface area contributed by atoms with Gasteiger partial charge in [0.25, 0.3) is 0 Å². The summed E-state index contributed by atoms with van der Waals surface area (Å²) >= 11 is 0. The molecule has 3 nitrogen and oxygen atoms in total. The zero-order valence-electron chi connectivity index (χ0n) is 20.0. The van der Waals surface area contributed by atoms with Crippen molar-refractivity contribution in [3.8, 4) is 0 Å². The number of benzene rings is 1. The molecule has 2 saturated heterocycles. The molecule has 5 rings (SSSR count). The molecule has 0 aromatic heterocycles. The van der Waals surface area contributed by atoms with Crippen LogP contribution in [0.5, 0.6) is 0 Å². The summed E-state index contributed by atoms with van der Waals surface area (Å²) in [7, 11) is 0. The Morgan fingerprint density at radius 3 is 2.13 bits per heavy atom. The van der Waals surface area contributed by atoms with Crippen LogP contribution in [0.25, 0.3) is 0 Å². The molecule has 2 aliphatic heterocycles. The van der Waals surface area contributed by atoms with Gasteiger partial charge in [-0.3, -0.25) is 4.90 Å². The first kappa shape index (κ1) is 23.2. The molecule has 0 amide bonds. The van der Waals surface area contributed by atoms with Crippen molar-refractivity contribution in [3.63, 3.8) is 0 Å². The van der Waals surface area contributed by atoms with Crippen molar-refractivity contribution in [2.45, 2.75) is 77.6 Å². The maximum absolute atomic E-state index is 2.72. The smallest absolute Gasteiger partial charge is 0.0404 e. The average molecular weight is 446 g/mol. The third-order valence-corrected chi connectivity index (χ3v) is 8.51. The van der Waals surface area contributed by atoms with Crippen molar-refractivity contribution in [1.29, 1.82) is 0 Å². The van der Waals surface area contributed by atoms with E-state index in [0.717, 1.165) is 17.3 Å². The van der Waals surface area contributed by atoms with Gasteiger partial charge in [0.05, 0.1) is 0 Å². The minimum Gasteiger partial charge on any atom is -0.372 e. The quantitative estimate of drug-likeness (QED) is 0.525. The van der Waals surface area contributed by atoms with Gasteiger partial charge in [0, 0.05) is 57.2 Å². The standard InChI is InChI=1S/C27H43N3.ClH/c1-22(2)21-28-16-18-30(19-17-28)26-7-6-24(29-14-4-3-5-15-29)20-25(26)23-8-10-27(11-9-23)12-13-27;/h6-7,20,22-23H,3-5,8-19,21H2,1-2H3;1H. The fourth-order valence-corrected chi connectivity index (χ4v) is 6.41. The van der Waals surface area contributed by atoms with Crippen LogP contribution in [0, 0.1) is 11.3 Å². The Balaban J connectivity index is 0.00000231. The predicted octanol–water partition coefficient (Wildman–Crippen LogP) is 6.31. The van der Waals surface area contributed by atoms with E-state index in [1.54, 1.807) is 11.3 Å². The molecule has 4 heteroatoms. The van der Waals surface area contributed by atoms with Crippen LogP contribution in [0.15, 0.2) is 18.2 Å².